The number of anilines is 6. The smallest absolute Gasteiger partial charge is 0.147 e. The zero-order valence-electron chi connectivity index (χ0n) is 36.3. The van der Waals surface area contributed by atoms with Crippen molar-refractivity contribution in [3.63, 3.8) is 0 Å². The summed E-state index contributed by atoms with van der Waals surface area (Å²) in [5, 5.41) is 13.9. The largest absolute Gasteiger partial charge is 0.456 e. The number of furan rings is 2. The molecule has 318 valence electrons. The molecule has 0 aliphatic carbocycles. The second kappa shape index (κ2) is 14.5. The number of para-hydroxylation sites is 2. The van der Waals surface area contributed by atoms with Crippen LogP contribution in [0.15, 0.2) is 227 Å². The summed E-state index contributed by atoms with van der Waals surface area (Å²) in [5.41, 5.74) is 9.96. The standard InChI is InChI=1S/C62H36N2O2S2/c1-3-11-41(12-4-1)63(45-23-25-49-47-15-7-9-17-57(47)67-59(49)35-45)43-21-19-37-31-52-51-27-28-54-61(62(51)66-55(52)33-39(37)29-43)53-32-38-20-22-44(30-40(38)34-56(53)65-54)64(42-13-5-2-6-14-42)46-24-26-50-48-16-8-10-18-58(48)68-60(50)36-46/h1-36H. The number of hydrogen-bond donors (Lipinski definition) is 0. The van der Waals surface area contributed by atoms with E-state index in [0.29, 0.717) is 0 Å². The minimum absolute atomic E-state index is 0.811. The molecule has 0 radical (unpaired) electrons. The molecule has 0 bridgehead atoms. The molecule has 0 saturated carbocycles. The van der Waals surface area contributed by atoms with Gasteiger partial charge in [-0.15, -0.1) is 22.7 Å². The van der Waals surface area contributed by atoms with E-state index in [4.69, 9.17) is 8.83 Å². The Bertz CT molecular complexity index is 4520. The summed E-state index contributed by atoms with van der Waals surface area (Å²) in [7, 11) is 0. The summed E-state index contributed by atoms with van der Waals surface area (Å²) < 4.78 is 18.8. The lowest BCUT2D eigenvalue weighted by molar-refractivity contribution is 0.663. The van der Waals surface area contributed by atoms with Crippen LogP contribution in [0.3, 0.4) is 0 Å². The Morgan fingerprint density at radius 1 is 0.265 bits per heavy atom. The Hall–Kier alpha value is -8.42. The van der Waals surface area contributed by atoms with Crippen molar-refractivity contribution in [2.45, 2.75) is 0 Å². The summed E-state index contributed by atoms with van der Waals surface area (Å²) in [4.78, 5) is 4.70. The van der Waals surface area contributed by atoms with Crippen LogP contribution >= 0.6 is 22.7 Å². The van der Waals surface area contributed by atoms with Gasteiger partial charge in [-0.2, -0.15) is 0 Å². The van der Waals surface area contributed by atoms with E-state index in [1.165, 1.54) is 40.3 Å². The first-order valence-electron chi connectivity index (χ1n) is 22.9. The van der Waals surface area contributed by atoms with Crippen molar-refractivity contribution < 1.29 is 8.83 Å². The van der Waals surface area contributed by atoms with E-state index in [9.17, 15) is 0 Å². The van der Waals surface area contributed by atoms with Crippen molar-refractivity contribution in [1.29, 1.82) is 0 Å². The van der Waals surface area contributed by atoms with Gasteiger partial charge in [0.2, 0.25) is 0 Å². The summed E-state index contributed by atoms with van der Waals surface area (Å²) in [6.07, 6.45) is 0. The maximum Gasteiger partial charge on any atom is 0.147 e. The Morgan fingerprint density at radius 3 is 1.29 bits per heavy atom. The van der Waals surface area contributed by atoms with Crippen LogP contribution in [0.25, 0.3) is 106 Å². The molecule has 0 unspecified atom stereocenters. The number of nitrogens with zero attached hydrogens (tertiary/aromatic N) is 2. The predicted octanol–water partition coefficient (Wildman–Crippen LogP) is 19.5. The van der Waals surface area contributed by atoms with Crippen molar-refractivity contribution in [1.82, 2.24) is 0 Å². The highest BCUT2D eigenvalue weighted by atomic mass is 32.1. The number of benzene rings is 11. The SMILES string of the molecule is c1ccc(N(c2ccc3cc4c(cc3c2)oc2c4ccc3oc4cc5cc(N(c6ccccc6)c6ccc7c(c6)sc6ccccc67)ccc5cc4c32)c2ccc3c(c2)sc2ccccc23)cc1. The van der Waals surface area contributed by atoms with Crippen LogP contribution in [0.1, 0.15) is 0 Å². The third kappa shape index (κ3) is 5.78. The Labute approximate surface area is 397 Å². The lowest BCUT2D eigenvalue weighted by Crippen LogP contribution is -2.09. The van der Waals surface area contributed by atoms with Crippen LogP contribution in [0.4, 0.5) is 34.1 Å². The minimum Gasteiger partial charge on any atom is -0.456 e. The van der Waals surface area contributed by atoms with Crippen LogP contribution in [-0.4, -0.2) is 0 Å². The number of thiophene rings is 2. The molecule has 0 amide bonds. The molecule has 0 N–H and O–H groups in total. The molecule has 4 aromatic heterocycles. The second-order valence-corrected chi connectivity index (χ2v) is 19.8. The van der Waals surface area contributed by atoms with Crippen LogP contribution in [0, 0.1) is 0 Å². The third-order valence-electron chi connectivity index (χ3n) is 13.7. The van der Waals surface area contributed by atoms with Crippen LogP contribution in [0.2, 0.25) is 0 Å². The highest BCUT2D eigenvalue weighted by Crippen LogP contribution is 2.46. The number of rotatable bonds is 6. The van der Waals surface area contributed by atoms with Gasteiger partial charge in [-0.1, -0.05) is 97.1 Å². The van der Waals surface area contributed by atoms with Crippen LogP contribution < -0.4 is 9.80 Å². The van der Waals surface area contributed by atoms with E-state index < -0.39 is 0 Å². The molecule has 11 aromatic carbocycles. The first kappa shape index (κ1) is 37.8. The van der Waals surface area contributed by atoms with Crippen molar-refractivity contribution in [2.24, 2.45) is 0 Å². The van der Waals surface area contributed by atoms with E-state index in [1.807, 2.05) is 22.7 Å². The Kier molecular flexibility index (Phi) is 8.07. The zero-order chi connectivity index (χ0) is 44.5. The summed E-state index contributed by atoms with van der Waals surface area (Å²) >= 11 is 3.69. The molecule has 4 nitrogen and oxygen atoms in total. The van der Waals surface area contributed by atoms with Crippen molar-refractivity contribution in [2.75, 3.05) is 9.80 Å². The molecule has 0 spiro atoms. The van der Waals surface area contributed by atoms with Gasteiger partial charge in [0.05, 0.1) is 5.39 Å². The molecular formula is C62H36N2O2S2. The fourth-order valence-electron chi connectivity index (χ4n) is 10.6. The third-order valence-corrected chi connectivity index (χ3v) is 16.0. The maximum absolute atomic E-state index is 6.92. The van der Waals surface area contributed by atoms with Gasteiger partial charge >= 0.3 is 0 Å². The summed E-state index contributed by atoms with van der Waals surface area (Å²) in [6.45, 7) is 0. The van der Waals surface area contributed by atoms with Crippen LogP contribution in [0.5, 0.6) is 0 Å². The molecule has 0 aliphatic heterocycles. The minimum atomic E-state index is 0.811. The second-order valence-electron chi connectivity index (χ2n) is 17.7. The van der Waals surface area contributed by atoms with Gasteiger partial charge in [-0.25, -0.2) is 0 Å². The predicted molar refractivity (Wildman–Crippen MR) is 291 cm³/mol. The molecule has 0 fully saturated rings. The topological polar surface area (TPSA) is 32.8 Å². The molecule has 15 aromatic rings. The highest BCUT2D eigenvalue weighted by molar-refractivity contribution is 7.26. The maximum atomic E-state index is 6.92. The molecule has 6 heteroatoms. The van der Waals surface area contributed by atoms with Gasteiger partial charge < -0.3 is 18.6 Å². The molecule has 0 atom stereocenters. The van der Waals surface area contributed by atoms with E-state index in [-0.39, 0.29) is 0 Å². The Morgan fingerprint density at radius 2 is 0.721 bits per heavy atom. The average molecular weight is 905 g/mol. The highest BCUT2D eigenvalue weighted by Gasteiger charge is 2.21. The van der Waals surface area contributed by atoms with Gasteiger partial charge in [0.25, 0.3) is 0 Å². The normalized spacial score (nSPS) is 12.1. The van der Waals surface area contributed by atoms with Crippen molar-refractivity contribution in [3.8, 4) is 0 Å². The Balaban J connectivity index is 0.839. The molecular weight excluding hydrogens is 869 g/mol. The number of hydrogen-bond acceptors (Lipinski definition) is 6. The lowest BCUT2D eigenvalue weighted by Gasteiger charge is -2.26. The first-order chi connectivity index (χ1) is 33.6. The van der Waals surface area contributed by atoms with Crippen LogP contribution in [-0.2, 0) is 0 Å². The fraction of sp³-hybridized carbons (Fsp3) is 0. The first-order valence-corrected chi connectivity index (χ1v) is 24.5. The van der Waals surface area contributed by atoms with Gasteiger partial charge in [0, 0.05) is 90.6 Å². The van der Waals surface area contributed by atoms with E-state index >= 15 is 0 Å². The summed E-state index contributed by atoms with van der Waals surface area (Å²) in [6, 6.07) is 79.0. The van der Waals surface area contributed by atoms with Gasteiger partial charge in [0.15, 0.2) is 0 Å². The van der Waals surface area contributed by atoms with E-state index in [2.05, 4.69) is 228 Å². The van der Waals surface area contributed by atoms with Gasteiger partial charge in [-0.3, -0.25) is 0 Å². The van der Waals surface area contributed by atoms with Crippen molar-refractivity contribution in [3.05, 3.63) is 218 Å². The molecule has 0 saturated heterocycles. The lowest BCUT2D eigenvalue weighted by atomic mass is 10.0. The molecule has 15 rings (SSSR count). The molecule has 68 heavy (non-hydrogen) atoms. The summed E-state index contributed by atoms with van der Waals surface area (Å²) in [5.74, 6) is 0. The van der Waals surface area contributed by atoms with E-state index in [0.717, 1.165) is 99.5 Å². The fourth-order valence-corrected chi connectivity index (χ4v) is 12.9. The number of fused-ring (bicyclic) bond motifs is 15. The quantitative estimate of drug-likeness (QED) is 0.166. The zero-order valence-corrected chi connectivity index (χ0v) is 37.9. The van der Waals surface area contributed by atoms with E-state index in [1.54, 1.807) is 0 Å². The van der Waals surface area contributed by atoms with Gasteiger partial charge in [0.1, 0.15) is 22.3 Å². The molecule has 4 heterocycles. The van der Waals surface area contributed by atoms with Gasteiger partial charge in [-0.05, 0) is 143 Å². The molecule has 0 aliphatic rings. The average Bonchev–Trinajstić information content (AvgIpc) is 4.15. The monoisotopic (exact) mass is 904 g/mol. The van der Waals surface area contributed by atoms with Crippen molar-refractivity contribution >= 4 is 163 Å².